The Balaban J connectivity index is 1.96. The number of aliphatic hydroxyl groups is 1. The van der Waals surface area contributed by atoms with Crippen LogP contribution < -0.4 is 5.32 Å². The van der Waals surface area contributed by atoms with Crippen molar-refractivity contribution in [3.05, 3.63) is 0 Å². The van der Waals surface area contributed by atoms with Gasteiger partial charge in [-0.3, -0.25) is 5.32 Å². The first-order chi connectivity index (χ1) is 7.61. The van der Waals surface area contributed by atoms with Gasteiger partial charge in [0, 0.05) is 12.1 Å². The second-order valence-corrected chi connectivity index (χ2v) is 5.41. The van der Waals surface area contributed by atoms with Crippen LogP contribution >= 0.6 is 0 Å². The van der Waals surface area contributed by atoms with Gasteiger partial charge in [0.2, 0.25) is 0 Å². The molecule has 0 spiro atoms. The smallest absolute Gasteiger partial charge is 0.111 e. The number of nitrogens with zero attached hydrogens (tertiary/aromatic N) is 1. The maximum Gasteiger partial charge on any atom is 0.111 e. The molecular weight excluding hydrogens is 204 g/mol. The Morgan fingerprint density at radius 2 is 1.81 bits per heavy atom. The van der Waals surface area contributed by atoms with Crippen LogP contribution in [0.2, 0.25) is 0 Å². The maximum atomic E-state index is 10.3. The molecule has 3 unspecified atom stereocenters. The van der Waals surface area contributed by atoms with Gasteiger partial charge in [-0.05, 0) is 32.6 Å². The predicted octanol–water partition coefficient (Wildman–Crippen LogP) is 1.33. The highest BCUT2D eigenvalue weighted by Gasteiger charge is 2.41. The van der Waals surface area contributed by atoms with E-state index >= 15 is 0 Å². The average Bonchev–Trinajstić information content (AvgIpc) is 2.57. The van der Waals surface area contributed by atoms with Crippen molar-refractivity contribution in [2.24, 2.45) is 5.92 Å². The van der Waals surface area contributed by atoms with E-state index < -0.39 is 6.10 Å². The predicted molar refractivity (Wildman–Crippen MR) is 62.1 cm³/mol. The first kappa shape index (κ1) is 12.3. The minimum absolute atomic E-state index is 0.0724. The molecule has 4 heteroatoms. The molecule has 4 atom stereocenters. The van der Waals surface area contributed by atoms with Crippen molar-refractivity contribution < 1.29 is 10.3 Å². The molecular formula is C12H24N2O2. The molecule has 94 valence electrons. The van der Waals surface area contributed by atoms with Crippen molar-refractivity contribution in [3.63, 3.8) is 0 Å². The van der Waals surface area contributed by atoms with Crippen LogP contribution in [0.15, 0.2) is 0 Å². The molecule has 0 bridgehead atoms. The minimum Gasteiger partial charge on any atom is -0.390 e. The first-order valence-corrected chi connectivity index (χ1v) is 6.52. The molecule has 1 saturated heterocycles. The molecule has 16 heavy (non-hydrogen) atoms. The van der Waals surface area contributed by atoms with E-state index in [0.29, 0.717) is 5.92 Å². The summed E-state index contributed by atoms with van der Waals surface area (Å²) in [7, 11) is 0. The molecule has 0 aromatic carbocycles. The molecule has 1 saturated carbocycles. The van der Waals surface area contributed by atoms with E-state index in [1.807, 2.05) is 13.8 Å². The Morgan fingerprint density at radius 3 is 2.31 bits per heavy atom. The standard InChI is InChI=1S/C12H24N2O2/c1-8-9(2)14(16)12(13-8)11(15)10-6-4-3-5-7-10/h8-13,15-16H,3-7H2,1-2H3/t8?,9?,11-,12?/m0/s1. The molecule has 1 aliphatic heterocycles. The normalized spacial score (nSPS) is 40.1. The summed E-state index contributed by atoms with van der Waals surface area (Å²) in [5.74, 6) is 0.346. The summed E-state index contributed by atoms with van der Waals surface area (Å²) in [6, 6.07) is 0.302. The molecule has 0 radical (unpaired) electrons. The van der Waals surface area contributed by atoms with E-state index in [4.69, 9.17) is 0 Å². The highest BCUT2D eigenvalue weighted by molar-refractivity contribution is 4.92. The number of hydrogen-bond acceptors (Lipinski definition) is 4. The lowest BCUT2D eigenvalue weighted by atomic mass is 9.84. The van der Waals surface area contributed by atoms with Gasteiger partial charge in [0.05, 0.1) is 6.10 Å². The molecule has 4 nitrogen and oxygen atoms in total. The largest absolute Gasteiger partial charge is 0.390 e. The Hall–Kier alpha value is -0.160. The molecule has 0 amide bonds. The van der Waals surface area contributed by atoms with Crippen molar-refractivity contribution in [2.45, 2.75) is 70.3 Å². The number of aliphatic hydroxyl groups excluding tert-OH is 1. The van der Waals surface area contributed by atoms with Gasteiger partial charge in [0.1, 0.15) is 6.17 Å². The Morgan fingerprint density at radius 1 is 1.19 bits per heavy atom. The Labute approximate surface area is 97.6 Å². The number of rotatable bonds is 2. The van der Waals surface area contributed by atoms with E-state index in [1.54, 1.807) is 0 Å². The van der Waals surface area contributed by atoms with Gasteiger partial charge in [0.15, 0.2) is 0 Å². The van der Waals surface area contributed by atoms with Gasteiger partial charge in [-0.2, -0.15) is 5.06 Å². The summed E-state index contributed by atoms with van der Waals surface area (Å²) in [4.78, 5) is 0. The lowest BCUT2D eigenvalue weighted by Crippen LogP contribution is -2.49. The Kier molecular flexibility index (Phi) is 3.85. The number of hydroxylamine groups is 2. The Bertz CT molecular complexity index is 231. The lowest BCUT2D eigenvalue weighted by Gasteiger charge is -2.33. The maximum absolute atomic E-state index is 10.3. The van der Waals surface area contributed by atoms with Gasteiger partial charge in [-0.25, -0.2) is 0 Å². The topological polar surface area (TPSA) is 55.7 Å². The fraction of sp³-hybridized carbons (Fsp3) is 1.00. The third-order valence-electron chi connectivity index (χ3n) is 4.32. The first-order valence-electron chi connectivity index (χ1n) is 6.52. The second kappa shape index (κ2) is 5.00. The molecule has 3 N–H and O–H groups in total. The monoisotopic (exact) mass is 228 g/mol. The summed E-state index contributed by atoms with van der Waals surface area (Å²) < 4.78 is 0. The summed E-state index contributed by atoms with van der Waals surface area (Å²) in [6.45, 7) is 4.02. The molecule has 2 rings (SSSR count). The zero-order valence-corrected chi connectivity index (χ0v) is 10.3. The summed E-state index contributed by atoms with van der Waals surface area (Å²) >= 11 is 0. The molecule has 0 aromatic rings. The average molecular weight is 228 g/mol. The van der Waals surface area contributed by atoms with Gasteiger partial charge in [-0.15, -0.1) is 0 Å². The number of hydrogen-bond donors (Lipinski definition) is 3. The zero-order valence-electron chi connectivity index (χ0n) is 10.3. The van der Waals surface area contributed by atoms with Crippen molar-refractivity contribution >= 4 is 0 Å². The fourth-order valence-corrected chi connectivity index (χ4v) is 2.96. The highest BCUT2D eigenvalue weighted by Crippen LogP contribution is 2.30. The van der Waals surface area contributed by atoms with Crippen LogP contribution in [-0.4, -0.2) is 39.7 Å². The SMILES string of the molecule is CC1NC([C@@H](O)C2CCCCC2)N(O)C1C. The molecule has 2 aliphatic rings. The molecule has 2 fully saturated rings. The van der Waals surface area contributed by atoms with E-state index in [1.165, 1.54) is 24.3 Å². The third kappa shape index (κ3) is 2.25. The lowest BCUT2D eigenvalue weighted by molar-refractivity contribution is -0.167. The van der Waals surface area contributed by atoms with Crippen molar-refractivity contribution in [2.75, 3.05) is 0 Å². The van der Waals surface area contributed by atoms with Crippen molar-refractivity contribution in [1.29, 1.82) is 0 Å². The van der Waals surface area contributed by atoms with Crippen LogP contribution in [-0.2, 0) is 0 Å². The summed E-state index contributed by atoms with van der Waals surface area (Å²) in [5, 5.41) is 24.8. The zero-order chi connectivity index (χ0) is 11.7. The van der Waals surface area contributed by atoms with Crippen LogP contribution in [0.3, 0.4) is 0 Å². The van der Waals surface area contributed by atoms with Crippen LogP contribution in [0.1, 0.15) is 46.0 Å². The van der Waals surface area contributed by atoms with Crippen molar-refractivity contribution in [3.8, 4) is 0 Å². The third-order valence-corrected chi connectivity index (χ3v) is 4.32. The van der Waals surface area contributed by atoms with Gasteiger partial charge in [-0.1, -0.05) is 19.3 Å². The van der Waals surface area contributed by atoms with Crippen LogP contribution in [0.25, 0.3) is 0 Å². The second-order valence-electron chi connectivity index (χ2n) is 5.41. The summed E-state index contributed by atoms with van der Waals surface area (Å²) in [6.07, 6.45) is 5.17. The number of nitrogens with one attached hydrogen (secondary N) is 1. The van der Waals surface area contributed by atoms with Crippen LogP contribution in [0, 0.1) is 5.92 Å². The van der Waals surface area contributed by atoms with E-state index in [2.05, 4.69) is 5.32 Å². The molecule has 1 aliphatic carbocycles. The van der Waals surface area contributed by atoms with Gasteiger partial charge in [0.25, 0.3) is 0 Å². The van der Waals surface area contributed by atoms with E-state index in [-0.39, 0.29) is 18.2 Å². The van der Waals surface area contributed by atoms with E-state index in [9.17, 15) is 10.3 Å². The minimum atomic E-state index is -0.447. The fourth-order valence-electron chi connectivity index (χ4n) is 2.96. The van der Waals surface area contributed by atoms with Crippen LogP contribution in [0.4, 0.5) is 0 Å². The molecule has 1 heterocycles. The van der Waals surface area contributed by atoms with Gasteiger partial charge < -0.3 is 10.3 Å². The quantitative estimate of drug-likeness (QED) is 0.667. The van der Waals surface area contributed by atoms with Gasteiger partial charge >= 0.3 is 0 Å². The van der Waals surface area contributed by atoms with Crippen LogP contribution in [0.5, 0.6) is 0 Å². The summed E-state index contributed by atoms with van der Waals surface area (Å²) in [5.41, 5.74) is 0. The molecule has 0 aromatic heterocycles. The highest BCUT2D eigenvalue weighted by atomic mass is 16.5. The van der Waals surface area contributed by atoms with E-state index in [0.717, 1.165) is 12.8 Å². The van der Waals surface area contributed by atoms with Crippen molar-refractivity contribution in [1.82, 2.24) is 10.4 Å².